The molecule has 0 unspecified atom stereocenters. The van der Waals surface area contributed by atoms with Crippen molar-refractivity contribution in [3.8, 4) is 0 Å². The monoisotopic (exact) mass is 562 g/mol. The maximum absolute atomic E-state index is 6.83. The van der Waals surface area contributed by atoms with Crippen molar-refractivity contribution >= 4 is 18.7 Å². The topological polar surface area (TPSA) is 64.6 Å². The molecule has 0 fully saturated rings. The zero-order valence-corrected chi connectivity index (χ0v) is 25.7. The molecule has 2 rings (SSSR count). The SMILES string of the molecule is CC(C)OCCOCCOCCOCCOCCOCCO[Si](c1ccccc1)(c1ccccc1)C(C)(C)C. The van der Waals surface area contributed by atoms with Crippen LogP contribution in [0.15, 0.2) is 60.7 Å². The highest BCUT2D eigenvalue weighted by molar-refractivity contribution is 6.99. The van der Waals surface area contributed by atoms with E-state index in [-0.39, 0.29) is 11.1 Å². The molecular weight excluding hydrogens is 512 g/mol. The molecule has 0 saturated carbocycles. The second-order valence-electron chi connectivity index (χ2n) is 10.5. The van der Waals surface area contributed by atoms with Crippen molar-refractivity contribution < 1.29 is 32.8 Å². The quantitative estimate of drug-likeness (QED) is 0.158. The fourth-order valence-electron chi connectivity index (χ4n) is 4.34. The van der Waals surface area contributed by atoms with E-state index in [9.17, 15) is 0 Å². The Labute approximate surface area is 237 Å². The van der Waals surface area contributed by atoms with Crippen LogP contribution in [0.3, 0.4) is 0 Å². The predicted octanol–water partition coefficient (Wildman–Crippen LogP) is 4.07. The fraction of sp³-hybridized carbons (Fsp3) is 0.613. The summed E-state index contributed by atoms with van der Waals surface area (Å²) in [6.07, 6.45) is 0.235. The van der Waals surface area contributed by atoms with Crippen molar-refractivity contribution in [1.82, 2.24) is 0 Å². The summed E-state index contributed by atoms with van der Waals surface area (Å²) in [6.45, 7) is 17.4. The van der Waals surface area contributed by atoms with Gasteiger partial charge in [-0.2, -0.15) is 0 Å². The Morgan fingerprint density at radius 2 is 0.846 bits per heavy atom. The Balaban J connectivity index is 1.56. The molecule has 0 radical (unpaired) electrons. The molecule has 0 aliphatic rings. The summed E-state index contributed by atoms with van der Waals surface area (Å²) < 4.78 is 40.1. The fourth-order valence-corrected chi connectivity index (χ4v) is 8.88. The summed E-state index contributed by atoms with van der Waals surface area (Å²) >= 11 is 0. The highest BCUT2D eigenvalue weighted by Crippen LogP contribution is 2.36. The van der Waals surface area contributed by atoms with Gasteiger partial charge in [-0.1, -0.05) is 81.4 Å². The first-order chi connectivity index (χ1) is 18.9. The summed E-state index contributed by atoms with van der Waals surface area (Å²) in [5.41, 5.74) is 0. The average Bonchev–Trinajstić information content (AvgIpc) is 2.92. The van der Waals surface area contributed by atoms with Gasteiger partial charge in [0, 0.05) is 0 Å². The molecule has 0 amide bonds. The lowest BCUT2D eigenvalue weighted by Gasteiger charge is -2.43. The molecule has 0 N–H and O–H groups in total. The Bertz CT molecular complexity index is 804. The van der Waals surface area contributed by atoms with Gasteiger partial charge in [0.15, 0.2) is 0 Å². The summed E-state index contributed by atoms with van der Waals surface area (Å²) in [4.78, 5) is 0. The van der Waals surface area contributed by atoms with Crippen molar-refractivity contribution in [3.05, 3.63) is 60.7 Å². The minimum atomic E-state index is -2.51. The highest BCUT2D eigenvalue weighted by Gasteiger charge is 2.49. The van der Waals surface area contributed by atoms with E-state index in [1.807, 2.05) is 13.8 Å². The zero-order valence-electron chi connectivity index (χ0n) is 24.7. The molecule has 8 heteroatoms. The van der Waals surface area contributed by atoms with Gasteiger partial charge in [-0.3, -0.25) is 0 Å². The van der Waals surface area contributed by atoms with E-state index in [1.165, 1.54) is 10.4 Å². The van der Waals surface area contributed by atoms with Crippen LogP contribution in [0.4, 0.5) is 0 Å². The van der Waals surface area contributed by atoms with Gasteiger partial charge in [0.2, 0.25) is 0 Å². The second kappa shape index (κ2) is 19.5. The third kappa shape index (κ3) is 12.6. The summed E-state index contributed by atoms with van der Waals surface area (Å²) in [5, 5.41) is 2.51. The Kier molecular flexibility index (Phi) is 16.8. The van der Waals surface area contributed by atoms with E-state index in [0.717, 1.165) is 0 Å². The molecule has 0 spiro atoms. The summed E-state index contributed by atoms with van der Waals surface area (Å²) in [6, 6.07) is 21.3. The van der Waals surface area contributed by atoms with Crippen LogP contribution in [-0.2, 0) is 32.8 Å². The number of hydrogen-bond donors (Lipinski definition) is 0. The van der Waals surface area contributed by atoms with Crippen molar-refractivity contribution in [3.63, 3.8) is 0 Å². The minimum absolute atomic E-state index is 0.0414. The lowest BCUT2D eigenvalue weighted by Crippen LogP contribution is -2.66. The van der Waals surface area contributed by atoms with Crippen LogP contribution in [0.2, 0.25) is 5.04 Å². The van der Waals surface area contributed by atoms with Crippen molar-refractivity contribution in [2.24, 2.45) is 0 Å². The number of ether oxygens (including phenoxy) is 6. The van der Waals surface area contributed by atoms with Crippen molar-refractivity contribution in [2.75, 3.05) is 79.3 Å². The predicted molar refractivity (Wildman–Crippen MR) is 159 cm³/mol. The summed E-state index contributed by atoms with van der Waals surface area (Å²) in [5.74, 6) is 0. The largest absolute Gasteiger partial charge is 0.405 e. The lowest BCUT2D eigenvalue weighted by atomic mass is 10.2. The normalized spacial score (nSPS) is 12.4. The molecule has 7 nitrogen and oxygen atoms in total. The Morgan fingerprint density at radius 1 is 0.513 bits per heavy atom. The average molecular weight is 563 g/mol. The van der Waals surface area contributed by atoms with Crippen LogP contribution in [0.1, 0.15) is 34.6 Å². The van der Waals surface area contributed by atoms with Crippen LogP contribution in [0, 0.1) is 0 Å². The van der Waals surface area contributed by atoms with Crippen LogP contribution in [0.25, 0.3) is 0 Å². The maximum atomic E-state index is 6.83. The van der Waals surface area contributed by atoms with E-state index in [2.05, 4.69) is 81.4 Å². The molecule has 2 aromatic rings. The van der Waals surface area contributed by atoms with E-state index in [0.29, 0.717) is 79.3 Å². The number of benzene rings is 2. The van der Waals surface area contributed by atoms with Gasteiger partial charge >= 0.3 is 0 Å². The Hall–Kier alpha value is -1.62. The molecule has 0 bridgehead atoms. The third-order valence-corrected chi connectivity index (χ3v) is 11.2. The first-order valence-corrected chi connectivity index (χ1v) is 16.0. The van der Waals surface area contributed by atoms with Gasteiger partial charge in [-0.25, -0.2) is 0 Å². The van der Waals surface area contributed by atoms with Crippen LogP contribution in [0.5, 0.6) is 0 Å². The molecule has 0 aromatic heterocycles. The van der Waals surface area contributed by atoms with E-state index < -0.39 is 8.32 Å². The molecule has 0 atom stereocenters. The molecule has 2 aromatic carbocycles. The Morgan fingerprint density at radius 3 is 1.18 bits per heavy atom. The summed E-state index contributed by atoms with van der Waals surface area (Å²) in [7, 11) is -2.51. The van der Waals surface area contributed by atoms with Crippen LogP contribution < -0.4 is 10.4 Å². The van der Waals surface area contributed by atoms with Crippen LogP contribution >= 0.6 is 0 Å². The van der Waals surface area contributed by atoms with Gasteiger partial charge in [-0.05, 0) is 29.3 Å². The third-order valence-electron chi connectivity index (χ3n) is 6.13. The van der Waals surface area contributed by atoms with Crippen molar-refractivity contribution in [2.45, 2.75) is 45.8 Å². The number of hydrogen-bond acceptors (Lipinski definition) is 7. The minimum Gasteiger partial charge on any atom is -0.405 e. The zero-order chi connectivity index (χ0) is 28.2. The molecule has 220 valence electrons. The maximum Gasteiger partial charge on any atom is 0.261 e. The van der Waals surface area contributed by atoms with Gasteiger partial charge in [-0.15, -0.1) is 0 Å². The molecule has 39 heavy (non-hydrogen) atoms. The second-order valence-corrected chi connectivity index (χ2v) is 14.8. The first kappa shape index (κ1) is 33.6. The van der Waals surface area contributed by atoms with Crippen molar-refractivity contribution in [1.29, 1.82) is 0 Å². The molecule has 0 aliphatic heterocycles. The van der Waals surface area contributed by atoms with E-state index in [1.54, 1.807) is 0 Å². The lowest BCUT2D eigenvalue weighted by molar-refractivity contribution is -0.0220. The van der Waals surface area contributed by atoms with Gasteiger partial charge in [0.1, 0.15) is 0 Å². The molecule has 0 heterocycles. The molecular formula is C31H50O7Si. The molecule has 0 saturated heterocycles. The smallest absolute Gasteiger partial charge is 0.261 e. The highest BCUT2D eigenvalue weighted by atomic mass is 28.4. The van der Waals surface area contributed by atoms with E-state index >= 15 is 0 Å². The standard InChI is InChI=1S/C31H50O7Si/c1-28(2)37-26-24-35-22-20-33-18-16-32-17-19-34-21-23-36-25-27-38-39(31(3,4)5,29-12-8-6-9-13-29)30-14-10-7-11-15-30/h6-15,28H,16-27H2,1-5H3. The van der Waals surface area contributed by atoms with Gasteiger partial charge in [0.05, 0.1) is 85.4 Å². The van der Waals surface area contributed by atoms with Crippen LogP contribution in [-0.4, -0.2) is 93.7 Å². The van der Waals surface area contributed by atoms with Gasteiger partial charge < -0.3 is 32.8 Å². The van der Waals surface area contributed by atoms with Gasteiger partial charge in [0.25, 0.3) is 8.32 Å². The van der Waals surface area contributed by atoms with E-state index in [4.69, 9.17) is 32.8 Å². The molecule has 0 aliphatic carbocycles. The first-order valence-electron chi connectivity index (χ1n) is 14.1. The number of rotatable bonds is 22.